The molecule has 1 aliphatic rings. The summed E-state index contributed by atoms with van der Waals surface area (Å²) in [5.74, 6) is 0.991. The molecule has 2 nitrogen and oxygen atoms in total. The Morgan fingerprint density at radius 1 is 1.30 bits per heavy atom. The maximum absolute atomic E-state index is 6.17. The molecule has 0 bridgehead atoms. The van der Waals surface area contributed by atoms with E-state index < -0.39 is 0 Å². The molecular weight excluding hydrogens is 338 g/mol. The maximum Gasteiger partial charge on any atom is 0.127 e. The molecule has 3 rings (SSSR count). The van der Waals surface area contributed by atoms with Crippen LogP contribution in [0.4, 0.5) is 5.69 Å². The third-order valence-electron chi connectivity index (χ3n) is 3.42. The van der Waals surface area contributed by atoms with E-state index >= 15 is 0 Å². The summed E-state index contributed by atoms with van der Waals surface area (Å²) in [4.78, 5) is 0. The van der Waals surface area contributed by atoms with Gasteiger partial charge in [-0.2, -0.15) is 0 Å². The van der Waals surface area contributed by atoms with Gasteiger partial charge in [0.2, 0.25) is 0 Å². The summed E-state index contributed by atoms with van der Waals surface area (Å²) in [6.45, 7) is 3.52. The number of ether oxygens (including phenoxy) is 1. The van der Waals surface area contributed by atoms with Crippen LogP contribution in [0.2, 0.25) is 5.02 Å². The van der Waals surface area contributed by atoms with Gasteiger partial charge in [-0.1, -0.05) is 17.7 Å². The van der Waals surface area contributed by atoms with Crippen molar-refractivity contribution in [1.82, 2.24) is 0 Å². The lowest BCUT2D eigenvalue weighted by Crippen LogP contribution is -2.02. The fourth-order valence-electron chi connectivity index (χ4n) is 2.43. The first-order chi connectivity index (χ1) is 9.63. The third kappa shape index (κ3) is 2.79. The molecular formula is C16H15BrClNO. The van der Waals surface area contributed by atoms with Crippen LogP contribution in [-0.4, -0.2) is 6.61 Å². The highest BCUT2D eigenvalue weighted by Crippen LogP contribution is 2.33. The van der Waals surface area contributed by atoms with E-state index in [0.717, 1.165) is 39.5 Å². The minimum absolute atomic E-state index is 0.699. The predicted molar refractivity (Wildman–Crippen MR) is 86.9 cm³/mol. The Labute approximate surface area is 132 Å². The van der Waals surface area contributed by atoms with Gasteiger partial charge in [0.05, 0.1) is 6.61 Å². The average Bonchev–Trinajstić information content (AvgIpc) is 2.85. The molecule has 0 saturated heterocycles. The highest BCUT2D eigenvalue weighted by atomic mass is 79.9. The van der Waals surface area contributed by atoms with Crippen LogP contribution in [0.3, 0.4) is 0 Å². The molecule has 0 radical (unpaired) electrons. The highest BCUT2D eigenvalue weighted by molar-refractivity contribution is 9.10. The van der Waals surface area contributed by atoms with Crippen LogP contribution in [0.15, 0.2) is 34.8 Å². The van der Waals surface area contributed by atoms with Gasteiger partial charge in [-0.25, -0.2) is 0 Å². The van der Waals surface area contributed by atoms with E-state index in [2.05, 4.69) is 46.4 Å². The lowest BCUT2D eigenvalue weighted by Gasteiger charge is -2.12. The topological polar surface area (TPSA) is 21.3 Å². The lowest BCUT2D eigenvalue weighted by molar-refractivity contribution is 0.354. The Morgan fingerprint density at radius 2 is 2.15 bits per heavy atom. The van der Waals surface area contributed by atoms with Gasteiger partial charge in [-0.3, -0.25) is 0 Å². The fourth-order valence-corrected chi connectivity index (χ4v) is 3.33. The van der Waals surface area contributed by atoms with Crippen LogP contribution in [0.1, 0.15) is 16.7 Å². The summed E-state index contributed by atoms with van der Waals surface area (Å²) in [7, 11) is 0. The van der Waals surface area contributed by atoms with Gasteiger partial charge in [-0.05, 0) is 58.2 Å². The number of rotatable bonds is 3. The molecule has 2 aromatic carbocycles. The Kier molecular flexibility index (Phi) is 3.90. The first kappa shape index (κ1) is 13.8. The number of hydrogen-bond donors (Lipinski definition) is 1. The second-order valence-electron chi connectivity index (χ2n) is 4.99. The van der Waals surface area contributed by atoms with E-state index in [0.29, 0.717) is 6.54 Å². The van der Waals surface area contributed by atoms with E-state index in [1.54, 1.807) is 0 Å². The van der Waals surface area contributed by atoms with Crippen molar-refractivity contribution in [2.75, 3.05) is 11.9 Å². The monoisotopic (exact) mass is 351 g/mol. The van der Waals surface area contributed by atoms with Crippen molar-refractivity contribution in [1.29, 1.82) is 0 Å². The molecule has 1 N–H and O–H groups in total. The fraction of sp³-hybridized carbons (Fsp3) is 0.250. The molecule has 1 aliphatic heterocycles. The van der Waals surface area contributed by atoms with Crippen LogP contribution >= 0.6 is 27.5 Å². The molecule has 0 fully saturated rings. The maximum atomic E-state index is 6.17. The van der Waals surface area contributed by atoms with Crippen molar-refractivity contribution in [3.63, 3.8) is 0 Å². The largest absolute Gasteiger partial charge is 0.493 e. The molecule has 0 saturated carbocycles. The third-order valence-corrected chi connectivity index (χ3v) is 4.29. The van der Waals surface area contributed by atoms with Crippen molar-refractivity contribution in [2.24, 2.45) is 0 Å². The normalized spacial score (nSPS) is 12.9. The summed E-state index contributed by atoms with van der Waals surface area (Å²) >= 11 is 9.75. The van der Waals surface area contributed by atoms with Gasteiger partial charge in [0.15, 0.2) is 0 Å². The van der Waals surface area contributed by atoms with Crippen molar-refractivity contribution in [2.45, 2.75) is 19.9 Å². The highest BCUT2D eigenvalue weighted by Gasteiger charge is 2.17. The smallest absolute Gasteiger partial charge is 0.127 e. The van der Waals surface area contributed by atoms with E-state index in [1.807, 2.05) is 12.1 Å². The molecule has 4 heteroatoms. The zero-order valence-electron chi connectivity index (χ0n) is 11.2. The van der Waals surface area contributed by atoms with Gasteiger partial charge in [0.25, 0.3) is 0 Å². The van der Waals surface area contributed by atoms with Crippen LogP contribution in [-0.2, 0) is 13.0 Å². The molecule has 1 heterocycles. The van der Waals surface area contributed by atoms with E-state index in [9.17, 15) is 0 Å². The summed E-state index contributed by atoms with van der Waals surface area (Å²) in [6.07, 6.45) is 0.942. The van der Waals surface area contributed by atoms with E-state index in [4.69, 9.17) is 16.3 Å². The first-order valence-electron chi connectivity index (χ1n) is 6.57. The number of fused-ring (bicyclic) bond motifs is 1. The van der Waals surface area contributed by atoms with Crippen LogP contribution in [0.5, 0.6) is 5.75 Å². The van der Waals surface area contributed by atoms with Crippen LogP contribution in [0, 0.1) is 6.92 Å². The predicted octanol–water partition coefficient (Wildman–Crippen LogP) is 4.96. The summed E-state index contributed by atoms with van der Waals surface area (Å²) in [6, 6.07) is 10.2. The van der Waals surface area contributed by atoms with Gasteiger partial charge in [0, 0.05) is 33.7 Å². The minimum Gasteiger partial charge on any atom is -0.493 e. The Balaban J connectivity index is 1.82. The molecule has 0 spiro atoms. The zero-order chi connectivity index (χ0) is 14.1. The number of nitrogens with one attached hydrogen (secondary N) is 1. The van der Waals surface area contributed by atoms with Crippen LogP contribution in [0.25, 0.3) is 0 Å². The molecule has 20 heavy (non-hydrogen) atoms. The number of hydrogen-bond acceptors (Lipinski definition) is 2. The minimum atomic E-state index is 0.699. The Bertz CT molecular complexity index is 657. The standard InChI is InChI=1S/C16H15BrClNO/c1-10-2-3-15(14(17)6-10)19-9-12-8-13(18)7-11-4-5-20-16(11)12/h2-3,6-8,19H,4-5,9H2,1H3. The van der Waals surface area contributed by atoms with E-state index in [-0.39, 0.29) is 0 Å². The summed E-state index contributed by atoms with van der Waals surface area (Å²) in [5.41, 5.74) is 4.62. The van der Waals surface area contributed by atoms with Gasteiger partial charge < -0.3 is 10.1 Å². The van der Waals surface area contributed by atoms with Crippen molar-refractivity contribution in [3.05, 3.63) is 56.5 Å². The number of anilines is 1. The van der Waals surface area contributed by atoms with Crippen molar-refractivity contribution >= 4 is 33.2 Å². The molecule has 0 aromatic heterocycles. The van der Waals surface area contributed by atoms with Gasteiger partial charge in [-0.15, -0.1) is 0 Å². The molecule has 0 aliphatic carbocycles. The van der Waals surface area contributed by atoms with Crippen molar-refractivity contribution < 1.29 is 4.74 Å². The lowest BCUT2D eigenvalue weighted by atomic mass is 10.1. The zero-order valence-corrected chi connectivity index (χ0v) is 13.5. The van der Waals surface area contributed by atoms with E-state index in [1.165, 1.54) is 11.1 Å². The first-order valence-corrected chi connectivity index (χ1v) is 7.75. The molecule has 104 valence electrons. The van der Waals surface area contributed by atoms with Gasteiger partial charge >= 0.3 is 0 Å². The van der Waals surface area contributed by atoms with Crippen LogP contribution < -0.4 is 10.1 Å². The van der Waals surface area contributed by atoms with Crippen molar-refractivity contribution in [3.8, 4) is 5.75 Å². The molecule has 0 unspecified atom stereocenters. The second kappa shape index (κ2) is 5.66. The summed E-state index contributed by atoms with van der Waals surface area (Å²) < 4.78 is 6.78. The Morgan fingerprint density at radius 3 is 2.95 bits per heavy atom. The van der Waals surface area contributed by atoms with Gasteiger partial charge in [0.1, 0.15) is 5.75 Å². The summed E-state index contributed by atoms with van der Waals surface area (Å²) in [5, 5.41) is 4.20. The second-order valence-corrected chi connectivity index (χ2v) is 6.28. The Hall–Kier alpha value is -1.19. The number of benzene rings is 2. The molecule has 2 aromatic rings. The molecule has 0 amide bonds. The number of aryl methyl sites for hydroxylation is 1. The SMILES string of the molecule is Cc1ccc(NCc2cc(Cl)cc3c2OCC3)c(Br)c1. The average molecular weight is 353 g/mol. The quantitative estimate of drug-likeness (QED) is 0.843. The molecule has 0 atom stereocenters. The number of halogens is 2.